The van der Waals surface area contributed by atoms with E-state index >= 15 is 0 Å². The van der Waals surface area contributed by atoms with Gasteiger partial charge in [-0.3, -0.25) is 9.59 Å². The molecule has 168 valence electrons. The van der Waals surface area contributed by atoms with Gasteiger partial charge in [0.05, 0.1) is 25.5 Å². The zero-order valence-corrected chi connectivity index (χ0v) is 19.0. The van der Waals surface area contributed by atoms with Crippen LogP contribution < -0.4 is 11.1 Å². The number of rotatable bonds is 8. The highest BCUT2D eigenvalue weighted by Crippen LogP contribution is 2.39. The SMILES string of the molecule is COCC(COC)Nc1nc(-n2c(C)c(C)c3c2CC(C)(C)CC3=O)cnc1C(N)=O. The lowest BCUT2D eigenvalue weighted by Crippen LogP contribution is -2.32. The average molecular weight is 430 g/mol. The maximum absolute atomic E-state index is 12.9. The smallest absolute Gasteiger partial charge is 0.271 e. The van der Waals surface area contributed by atoms with Crippen LogP contribution in [0.25, 0.3) is 5.82 Å². The van der Waals surface area contributed by atoms with Gasteiger partial charge in [-0.2, -0.15) is 0 Å². The summed E-state index contributed by atoms with van der Waals surface area (Å²) in [7, 11) is 3.16. The van der Waals surface area contributed by atoms with Gasteiger partial charge in [0.1, 0.15) is 0 Å². The Balaban J connectivity index is 2.14. The van der Waals surface area contributed by atoms with E-state index in [1.54, 1.807) is 14.2 Å². The van der Waals surface area contributed by atoms with Crippen LogP contribution in [0, 0.1) is 19.3 Å². The Morgan fingerprint density at radius 2 is 1.90 bits per heavy atom. The van der Waals surface area contributed by atoms with Gasteiger partial charge >= 0.3 is 0 Å². The molecule has 0 unspecified atom stereocenters. The zero-order valence-electron chi connectivity index (χ0n) is 19.0. The maximum Gasteiger partial charge on any atom is 0.271 e. The molecule has 2 aromatic rings. The summed E-state index contributed by atoms with van der Waals surface area (Å²) in [5.41, 5.74) is 8.98. The Kier molecular flexibility index (Phi) is 6.47. The zero-order chi connectivity index (χ0) is 22.9. The molecule has 1 amide bonds. The number of amides is 1. The number of carbonyl (C=O) groups excluding carboxylic acids is 2. The van der Waals surface area contributed by atoms with Crippen LogP contribution in [0.2, 0.25) is 0 Å². The molecule has 1 aliphatic carbocycles. The number of primary amides is 1. The van der Waals surface area contributed by atoms with Gasteiger partial charge in [-0.25, -0.2) is 9.97 Å². The van der Waals surface area contributed by atoms with Crippen molar-refractivity contribution in [1.29, 1.82) is 0 Å². The summed E-state index contributed by atoms with van der Waals surface area (Å²) in [5.74, 6) is 0.234. The first-order chi connectivity index (χ1) is 14.6. The molecular formula is C22H31N5O4. The molecule has 2 heterocycles. The lowest BCUT2D eigenvalue weighted by molar-refractivity contribution is 0.0909. The number of hydrogen-bond donors (Lipinski definition) is 2. The van der Waals surface area contributed by atoms with Crippen molar-refractivity contribution >= 4 is 17.5 Å². The largest absolute Gasteiger partial charge is 0.382 e. The standard InChI is InChI=1S/C22H31N5O4/c1-12-13(2)27(15-7-22(3,4)8-16(28)18(12)15)17-9-24-19(20(23)29)21(26-17)25-14(10-30-5)11-31-6/h9,14H,7-8,10-11H2,1-6H3,(H2,23,29)(H,25,26). The van der Waals surface area contributed by atoms with E-state index in [9.17, 15) is 9.59 Å². The number of ketones is 1. The summed E-state index contributed by atoms with van der Waals surface area (Å²) in [6, 6.07) is -0.250. The van der Waals surface area contributed by atoms with Crippen LogP contribution in [0.15, 0.2) is 6.20 Å². The predicted octanol–water partition coefficient (Wildman–Crippen LogP) is 2.21. The van der Waals surface area contributed by atoms with E-state index in [1.165, 1.54) is 6.20 Å². The molecule has 0 saturated carbocycles. The number of ether oxygens (including phenoxy) is 2. The molecule has 3 rings (SSSR count). The van der Waals surface area contributed by atoms with Crippen molar-refractivity contribution in [2.24, 2.45) is 11.1 Å². The molecule has 0 atom stereocenters. The van der Waals surface area contributed by atoms with E-state index in [2.05, 4.69) is 29.1 Å². The molecule has 0 spiro atoms. The van der Waals surface area contributed by atoms with Crippen LogP contribution >= 0.6 is 0 Å². The highest BCUT2D eigenvalue weighted by Gasteiger charge is 2.36. The summed E-state index contributed by atoms with van der Waals surface area (Å²) < 4.78 is 12.4. The first-order valence-electron chi connectivity index (χ1n) is 10.2. The van der Waals surface area contributed by atoms with Gasteiger partial charge in [-0.1, -0.05) is 13.8 Å². The first-order valence-corrected chi connectivity index (χ1v) is 10.2. The van der Waals surface area contributed by atoms with Gasteiger partial charge in [-0.15, -0.1) is 0 Å². The summed E-state index contributed by atoms with van der Waals surface area (Å²) in [6.07, 6.45) is 2.77. The van der Waals surface area contributed by atoms with E-state index < -0.39 is 5.91 Å². The topological polar surface area (TPSA) is 121 Å². The monoisotopic (exact) mass is 429 g/mol. The van der Waals surface area contributed by atoms with Crippen LogP contribution in [0.1, 0.15) is 58.1 Å². The fourth-order valence-corrected chi connectivity index (χ4v) is 4.26. The summed E-state index contributed by atoms with van der Waals surface area (Å²) in [4.78, 5) is 33.8. The molecule has 31 heavy (non-hydrogen) atoms. The van der Waals surface area contributed by atoms with Crippen molar-refractivity contribution in [3.63, 3.8) is 0 Å². The van der Waals surface area contributed by atoms with Crippen molar-refractivity contribution in [2.75, 3.05) is 32.8 Å². The van der Waals surface area contributed by atoms with Crippen molar-refractivity contribution in [2.45, 2.75) is 46.6 Å². The minimum Gasteiger partial charge on any atom is -0.382 e. The molecule has 0 saturated heterocycles. The fraction of sp³-hybridized carbons (Fsp3) is 0.545. The van der Waals surface area contributed by atoms with Gasteiger partial charge < -0.3 is 25.1 Å². The second-order valence-electron chi connectivity index (χ2n) is 8.85. The van der Waals surface area contributed by atoms with Crippen molar-refractivity contribution in [3.05, 3.63) is 34.4 Å². The third-order valence-electron chi connectivity index (χ3n) is 5.67. The van der Waals surface area contributed by atoms with Gasteiger partial charge in [0.25, 0.3) is 5.91 Å². The van der Waals surface area contributed by atoms with E-state index in [0.717, 1.165) is 28.9 Å². The average Bonchev–Trinajstić information content (AvgIpc) is 2.91. The number of anilines is 1. The van der Waals surface area contributed by atoms with Crippen molar-refractivity contribution in [1.82, 2.24) is 14.5 Å². The third-order valence-corrected chi connectivity index (χ3v) is 5.67. The minimum absolute atomic E-state index is 0.0350. The van der Waals surface area contributed by atoms with Gasteiger partial charge in [-0.05, 0) is 31.2 Å². The summed E-state index contributed by atoms with van der Waals surface area (Å²) >= 11 is 0. The van der Waals surface area contributed by atoms with Gasteiger partial charge in [0.2, 0.25) is 0 Å². The Hall–Kier alpha value is -2.78. The Morgan fingerprint density at radius 1 is 1.26 bits per heavy atom. The highest BCUT2D eigenvalue weighted by molar-refractivity contribution is 6.01. The Labute approximate surface area is 182 Å². The van der Waals surface area contributed by atoms with E-state index in [4.69, 9.17) is 15.2 Å². The third kappa shape index (κ3) is 4.47. The predicted molar refractivity (Wildman–Crippen MR) is 117 cm³/mol. The van der Waals surface area contributed by atoms with Gasteiger partial charge in [0, 0.05) is 37.6 Å². The number of hydrogen-bond acceptors (Lipinski definition) is 7. The Bertz CT molecular complexity index is 1010. The fourth-order valence-electron chi connectivity index (χ4n) is 4.26. The molecule has 9 nitrogen and oxygen atoms in total. The molecule has 0 aromatic carbocycles. The number of carbonyl (C=O) groups is 2. The van der Waals surface area contributed by atoms with Gasteiger partial charge in [0.15, 0.2) is 23.1 Å². The van der Waals surface area contributed by atoms with E-state index in [0.29, 0.717) is 25.5 Å². The molecule has 3 N–H and O–H groups in total. The second kappa shape index (κ2) is 8.76. The van der Waals surface area contributed by atoms with Crippen molar-refractivity contribution < 1.29 is 19.1 Å². The summed E-state index contributed by atoms with van der Waals surface area (Å²) in [5, 5.41) is 3.17. The van der Waals surface area contributed by atoms with E-state index in [1.807, 2.05) is 18.4 Å². The van der Waals surface area contributed by atoms with Crippen LogP contribution in [-0.2, 0) is 15.9 Å². The lowest BCUT2D eigenvalue weighted by Gasteiger charge is -2.30. The molecular weight excluding hydrogens is 398 g/mol. The molecule has 1 aliphatic rings. The number of methoxy groups -OCH3 is 2. The van der Waals surface area contributed by atoms with Crippen LogP contribution in [0.3, 0.4) is 0 Å². The van der Waals surface area contributed by atoms with Crippen LogP contribution in [0.4, 0.5) is 5.82 Å². The van der Waals surface area contributed by atoms with E-state index in [-0.39, 0.29) is 28.8 Å². The first kappa shape index (κ1) is 22.9. The summed E-state index contributed by atoms with van der Waals surface area (Å²) in [6.45, 7) is 8.78. The molecule has 0 radical (unpaired) electrons. The molecule has 0 fully saturated rings. The highest BCUT2D eigenvalue weighted by atomic mass is 16.5. The molecule has 0 bridgehead atoms. The Morgan fingerprint density at radius 3 is 2.48 bits per heavy atom. The number of nitrogens with zero attached hydrogens (tertiary/aromatic N) is 3. The second-order valence-corrected chi connectivity index (χ2v) is 8.85. The number of aromatic nitrogens is 3. The number of Topliss-reactive ketones (excluding diaryl/α,β-unsaturated/α-hetero) is 1. The van der Waals surface area contributed by atoms with Crippen molar-refractivity contribution in [3.8, 4) is 5.82 Å². The number of nitrogens with two attached hydrogens (primary N) is 1. The van der Waals surface area contributed by atoms with Crippen LogP contribution in [-0.4, -0.2) is 59.7 Å². The number of fused-ring (bicyclic) bond motifs is 1. The molecule has 2 aromatic heterocycles. The number of nitrogens with one attached hydrogen (secondary N) is 1. The lowest BCUT2D eigenvalue weighted by atomic mass is 9.75. The van der Waals surface area contributed by atoms with Crippen LogP contribution in [0.5, 0.6) is 0 Å². The maximum atomic E-state index is 12.9. The molecule has 9 heteroatoms. The quantitative estimate of drug-likeness (QED) is 0.660. The molecule has 0 aliphatic heterocycles. The minimum atomic E-state index is -0.686. The normalized spacial score (nSPS) is 15.3.